The number of nitrogens with zero attached hydrogens (tertiary/aromatic N) is 1. The fourth-order valence-electron chi connectivity index (χ4n) is 4.56. The number of furan rings is 1. The lowest BCUT2D eigenvalue weighted by Gasteiger charge is -2.24. The largest absolute Gasteiger partial charge is 0.455 e. The first-order valence-electron chi connectivity index (χ1n) is 11.4. The molecule has 36 heavy (non-hydrogen) atoms. The third-order valence-electron chi connectivity index (χ3n) is 6.36. The Balaban J connectivity index is 1.68. The minimum atomic E-state index is -1.41. The molecule has 0 spiro atoms. The molecule has 0 aliphatic carbocycles. The summed E-state index contributed by atoms with van der Waals surface area (Å²) in [5.74, 6) is -0.786. The van der Waals surface area contributed by atoms with Crippen LogP contribution in [0.5, 0.6) is 0 Å². The number of hydrogen-bond donors (Lipinski definition) is 1. The fraction of sp³-hybridized carbons (Fsp3) is 0.222. The summed E-state index contributed by atoms with van der Waals surface area (Å²) in [6, 6.07) is 15.4. The lowest BCUT2D eigenvalue weighted by molar-refractivity contribution is 0.00536. The van der Waals surface area contributed by atoms with Crippen LogP contribution < -0.4 is 9.62 Å². The van der Waals surface area contributed by atoms with Gasteiger partial charge in [-0.3, -0.25) is 9.10 Å². The second kappa shape index (κ2) is 9.48. The van der Waals surface area contributed by atoms with E-state index in [2.05, 4.69) is 5.32 Å². The SMILES string of the molecule is CNC(=O)c1c(-c2ccc(F)cc2)oc2cc3c(cc12)C(C)OC(c1ccc(F)cc1)CN3S(C)=O. The molecule has 3 aromatic carbocycles. The maximum atomic E-state index is 13.5. The molecule has 3 atom stereocenters. The van der Waals surface area contributed by atoms with Gasteiger partial charge in [-0.15, -0.1) is 0 Å². The topological polar surface area (TPSA) is 71.8 Å². The van der Waals surface area contributed by atoms with Gasteiger partial charge in [-0.2, -0.15) is 0 Å². The van der Waals surface area contributed by atoms with Gasteiger partial charge in [0.2, 0.25) is 0 Å². The first-order valence-corrected chi connectivity index (χ1v) is 12.9. The van der Waals surface area contributed by atoms with Crippen LogP contribution >= 0.6 is 0 Å². The summed E-state index contributed by atoms with van der Waals surface area (Å²) in [4.78, 5) is 12.9. The Morgan fingerprint density at radius 2 is 1.69 bits per heavy atom. The van der Waals surface area contributed by atoms with E-state index >= 15 is 0 Å². The normalized spacial score (nSPS) is 18.5. The molecule has 1 aliphatic rings. The number of hydrogen-bond acceptors (Lipinski definition) is 4. The summed E-state index contributed by atoms with van der Waals surface area (Å²) in [7, 11) is 0.116. The summed E-state index contributed by atoms with van der Waals surface area (Å²) in [5.41, 5.74) is 3.45. The molecule has 0 fully saturated rings. The second-order valence-corrected chi connectivity index (χ2v) is 9.89. The van der Waals surface area contributed by atoms with E-state index < -0.39 is 29.0 Å². The smallest absolute Gasteiger partial charge is 0.255 e. The van der Waals surface area contributed by atoms with E-state index in [1.54, 1.807) is 40.9 Å². The molecule has 5 rings (SSSR count). The summed E-state index contributed by atoms with van der Waals surface area (Å²) in [6.07, 6.45) is 0.680. The van der Waals surface area contributed by atoms with Gasteiger partial charge >= 0.3 is 0 Å². The van der Waals surface area contributed by atoms with E-state index in [9.17, 15) is 17.8 Å². The molecular formula is C27H24F2N2O4S. The number of nitrogens with one attached hydrogen (secondary N) is 1. The molecule has 2 heterocycles. The van der Waals surface area contributed by atoms with Gasteiger partial charge in [0.1, 0.15) is 40.1 Å². The van der Waals surface area contributed by atoms with E-state index in [0.29, 0.717) is 33.5 Å². The zero-order chi connectivity index (χ0) is 25.6. The number of carbonyl (C=O) groups excluding carboxylic acids is 1. The Labute approximate surface area is 209 Å². The minimum absolute atomic E-state index is 0.269. The minimum Gasteiger partial charge on any atom is -0.455 e. The predicted octanol–water partition coefficient (Wildman–Crippen LogP) is 5.67. The third kappa shape index (κ3) is 4.29. The molecule has 0 bridgehead atoms. The van der Waals surface area contributed by atoms with Crippen LogP contribution in [0, 0.1) is 11.6 Å². The maximum Gasteiger partial charge on any atom is 0.255 e. The predicted molar refractivity (Wildman–Crippen MR) is 135 cm³/mol. The van der Waals surface area contributed by atoms with Crippen molar-refractivity contribution in [2.75, 3.05) is 24.2 Å². The highest BCUT2D eigenvalue weighted by Gasteiger charge is 2.32. The molecule has 9 heteroatoms. The van der Waals surface area contributed by atoms with Crippen LogP contribution in [0.3, 0.4) is 0 Å². The molecule has 1 aromatic heterocycles. The highest BCUT2D eigenvalue weighted by atomic mass is 32.2. The van der Waals surface area contributed by atoms with Crippen molar-refractivity contribution in [2.24, 2.45) is 0 Å². The van der Waals surface area contributed by atoms with Crippen molar-refractivity contribution in [2.45, 2.75) is 19.1 Å². The van der Waals surface area contributed by atoms with Crippen molar-refractivity contribution in [3.63, 3.8) is 0 Å². The van der Waals surface area contributed by atoms with Gasteiger partial charge in [0.05, 0.1) is 23.9 Å². The van der Waals surface area contributed by atoms with Crippen LogP contribution in [0.15, 0.2) is 65.1 Å². The monoisotopic (exact) mass is 510 g/mol. The van der Waals surface area contributed by atoms with Crippen molar-refractivity contribution < 1.29 is 26.9 Å². The Bertz CT molecular complexity index is 1470. The number of rotatable bonds is 4. The summed E-state index contributed by atoms with van der Waals surface area (Å²) < 4.78 is 54.1. The van der Waals surface area contributed by atoms with Gasteiger partial charge in [0.25, 0.3) is 5.91 Å². The van der Waals surface area contributed by atoms with Crippen molar-refractivity contribution in [1.82, 2.24) is 5.32 Å². The van der Waals surface area contributed by atoms with Crippen molar-refractivity contribution >= 4 is 33.5 Å². The molecule has 186 valence electrons. The van der Waals surface area contributed by atoms with Crippen LogP contribution in [0.25, 0.3) is 22.3 Å². The van der Waals surface area contributed by atoms with Crippen molar-refractivity contribution in [1.29, 1.82) is 0 Å². The van der Waals surface area contributed by atoms with Crippen LogP contribution in [-0.2, 0) is 15.7 Å². The molecule has 0 saturated heterocycles. The molecule has 4 aromatic rings. The third-order valence-corrected chi connectivity index (χ3v) is 7.32. The average molecular weight is 511 g/mol. The average Bonchev–Trinajstić information content (AvgIpc) is 3.17. The number of fused-ring (bicyclic) bond motifs is 2. The number of carbonyl (C=O) groups is 1. The maximum absolute atomic E-state index is 13.5. The molecule has 1 amide bonds. The molecule has 0 radical (unpaired) electrons. The van der Waals surface area contributed by atoms with E-state index in [1.807, 2.05) is 13.0 Å². The summed E-state index contributed by atoms with van der Waals surface area (Å²) >= 11 is 0. The Hall–Kier alpha value is -3.56. The number of ether oxygens (including phenoxy) is 1. The van der Waals surface area contributed by atoms with Crippen LogP contribution in [0.1, 0.15) is 40.6 Å². The molecule has 3 unspecified atom stereocenters. The van der Waals surface area contributed by atoms with Gasteiger partial charge in [0.15, 0.2) is 0 Å². The van der Waals surface area contributed by atoms with Gasteiger partial charge in [-0.25, -0.2) is 13.0 Å². The quantitative estimate of drug-likeness (QED) is 0.384. The number of benzene rings is 3. The fourth-order valence-corrected chi connectivity index (χ4v) is 5.34. The first-order chi connectivity index (χ1) is 17.3. The Morgan fingerprint density at radius 3 is 2.31 bits per heavy atom. The highest BCUT2D eigenvalue weighted by Crippen LogP contribution is 2.43. The van der Waals surface area contributed by atoms with E-state index in [0.717, 1.165) is 11.1 Å². The van der Waals surface area contributed by atoms with Crippen LogP contribution in [0.2, 0.25) is 0 Å². The van der Waals surface area contributed by atoms with Crippen molar-refractivity contribution in [3.05, 3.63) is 89.0 Å². The molecule has 0 saturated carbocycles. The lowest BCUT2D eigenvalue weighted by Crippen LogP contribution is -2.29. The molecule has 1 N–H and O–H groups in total. The van der Waals surface area contributed by atoms with Gasteiger partial charge < -0.3 is 14.5 Å². The zero-order valence-corrected chi connectivity index (χ0v) is 20.7. The first kappa shape index (κ1) is 24.1. The summed E-state index contributed by atoms with van der Waals surface area (Å²) in [5, 5.41) is 3.21. The number of amides is 1. The van der Waals surface area contributed by atoms with E-state index in [-0.39, 0.29) is 18.3 Å². The highest BCUT2D eigenvalue weighted by molar-refractivity contribution is 7.85. The van der Waals surface area contributed by atoms with Crippen LogP contribution in [0.4, 0.5) is 14.5 Å². The van der Waals surface area contributed by atoms with Gasteiger partial charge in [-0.05, 0) is 55.0 Å². The second-order valence-electron chi connectivity index (χ2n) is 8.60. The molecule has 6 nitrogen and oxygen atoms in total. The standard InChI is InChI=1S/C27H24F2N2O4S/c1-15-20-12-21-23(35-26(25(21)27(32)30-2)17-6-10-19(29)11-7-17)13-22(20)31(36(3)33)14-24(34-15)16-4-8-18(28)9-5-16/h4-13,15,24H,14H2,1-3H3,(H,30,32). The zero-order valence-electron chi connectivity index (χ0n) is 19.9. The molecular weight excluding hydrogens is 486 g/mol. The number of anilines is 1. The lowest BCUT2D eigenvalue weighted by atomic mass is 10.0. The van der Waals surface area contributed by atoms with Gasteiger partial charge in [-0.1, -0.05) is 12.1 Å². The Kier molecular flexibility index (Phi) is 6.36. The van der Waals surface area contributed by atoms with E-state index in [4.69, 9.17) is 9.15 Å². The summed E-state index contributed by atoms with van der Waals surface area (Å²) in [6.45, 7) is 2.15. The number of halogens is 2. The van der Waals surface area contributed by atoms with Crippen molar-refractivity contribution in [3.8, 4) is 11.3 Å². The van der Waals surface area contributed by atoms with E-state index in [1.165, 1.54) is 31.3 Å². The van der Waals surface area contributed by atoms with Crippen LogP contribution in [-0.4, -0.2) is 30.0 Å². The van der Waals surface area contributed by atoms with Gasteiger partial charge in [0, 0.05) is 35.9 Å². The Morgan fingerprint density at radius 1 is 1.06 bits per heavy atom. The molecule has 1 aliphatic heterocycles.